The van der Waals surface area contributed by atoms with Gasteiger partial charge in [-0.25, -0.2) is 0 Å². The lowest BCUT2D eigenvalue weighted by atomic mass is 9.97. The first-order valence-electron chi connectivity index (χ1n) is 6.89. The van der Waals surface area contributed by atoms with Crippen molar-refractivity contribution in [1.29, 1.82) is 0 Å². The number of likely N-dealkylation sites (tertiary alicyclic amines) is 1. The predicted octanol–water partition coefficient (Wildman–Crippen LogP) is 2.17. The fraction of sp³-hybridized carbons (Fsp3) is 0.571. The molecule has 0 atom stereocenters. The van der Waals surface area contributed by atoms with E-state index >= 15 is 0 Å². The van der Waals surface area contributed by atoms with Crippen molar-refractivity contribution < 1.29 is 9.31 Å². The molecule has 0 radical (unpaired) electrons. The van der Waals surface area contributed by atoms with Crippen LogP contribution in [0.25, 0.3) is 0 Å². The second-order valence-electron chi connectivity index (χ2n) is 5.38. The SMILES string of the molecule is CN1CCC(CNCc2cccc([N+](=O)[O-])c2F)CC1. The lowest BCUT2D eigenvalue weighted by Gasteiger charge is -2.29. The first-order valence-corrected chi connectivity index (χ1v) is 6.89. The smallest absolute Gasteiger partial charge is 0.305 e. The molecule has 0 aliphatic carbocycles. The van der Waals surface area contributed by atoms with Gasteiger partial charge in [0.05, 0.1) is 4.92 Å². The summed E-state index contributed by atoms with van der Waals surface area (Å²) in [5.74, 6) is -0.124. The average molecular weight is 281 g/mol. The largest absolute Gasteiger partial charge is 0.312 e. The highest BCUT2D eigenvalue weighted by molar-refractivity contribution is 5.36. The summed E-state index contributed by atoms with van der Waals surface area (Å²) in [5, 5.41) is 13.9. The molecule has 1 N–H and O–H groups in total. The normalized spacial score (nSPS) is 17.3. The van der Waals surface area contributed by atoms with Crippen molar-refractivity contribution in [3.05, 3.63) is 39.7 Å². The van der Waals surface area contributed by atoms with Gasteiger partial charge in [0.15, 0.2) is 0 Å². The van der Waals surface area contributed by atoms with E-state index in [4.69, 9.17) is 0 Å². The Kier molecular flexibility index (Phi) is 5.03. The summed E-state index contributed by atoms with van der Waals surface area (Å²) in [5.41, 5.74) is -0.101. The summed E-state index contributed by atoms with van der Waals surface area (Å²) < 4.78 is 13.9. The molecule has 0 bridgehead atoms. The third kappa shape index (κ3) is 3.74. The Bertz CT molecular complexity index is 473. The average Bonchev–Trinajstić information content (AvgIpc) is 2.42. The van der Waals surface area contributed by atoms with E-state index in [0.717, 1.165) is 32.5 Å². The predicted molar refractivity (Wildman–Crippen MR) is 75.0 cm³/mol. The van der Waals surface area contributed by atoms with E-state index in [2.05, 4.69) is 17.3 Å². The summed E-state index contributed by atoms with van der Waals surface area (Å²) in [6, 6.07) is 4.30. The van der Waals surface area contributed by atoms with E-state index in [1.54, 1.807) is 6.07 Å². The van der Waals surface area contributed by atoms with Crippen LogP contribution in [0.5, 0.6) is 0 Å². The van der Waals surface area contributed by atoms with Gasteiger partial charge in [0, 0.05) is 18.2 Å². The minimum absolute atomic E-state index is 0.333. The third-order valence-corrected chi connectivity index (χ3v) is 3.84. The standard InChI is InChI=1S/C14H20FN3O2/c1-17-7-5-11(6-8-17)9-16-10-12-3-2-4-13(14(12)15)18(19)20/h2-4,11,16H,5-10H2,1H3. The maximum atomic E-state index is 13.9. The maximum Gasteiger partial charge on any atom is 0.305 e. The molecule has 1 fully saturated rings. The molecule has 1 heterocycles. The van der Waals surface area contributed by atoms with Gasteiger partial charge in [-0.15, -0.1) is 0 Å². The second-order valence-corrected chi connectivity index (χ2v) is 5.38. The molecule has 1 aromatic carbocycles. The molecular weight excluding hydrogens is 261 g/mol. The molecule has 110 valence electrons. The quantitative estimate of drug-likeness (QED) is 0.664. The molecule has 0 aromatic heterocycles. The molecule has 0 amide bonds. The van der Waals surface area contributed by atoms with Gasteiger partial charge in [-0.05, 0) is 45.4 Å². The molecule has 6 heteroatoms. The summed E-state index contributed by atoms with van der Waals surface area (Å²) in [6.45, 7) is 3.35. The van der Waals surface area contributed by atoms with Gasteiger partial charge in [-0.1, -0.05) is 12.1 Å². The number of nitro benzene ring substituents is 1. The van der Waals surface area contributed by atoms with Crippen molar-refractivity contribution in [2.75, 3.05) is 26.7 Å². The first-order chi connectivity index (χ1) is 9.58. The zero-order valence-electron chi connectivity index (χ0n) is 11.6. The number of hydrogen-bond acceptors (Lipinski definition) is 4. The maximum absolute atomic E-state index is 13.9. The van der Waals surface area contributed by atoms with Crippen molar-refractivity contribution in [2.45, 2.75) is 19.4 Å². The number of rotatable bonds is 5. The highest BCUT2D eigenvalue weighted by Gasteiger charge is 2.18. The van der Waals surface area contributed by atoms with Gasteiger partial charge in [0.2, 0.25) is 5.82 Å². The number of benzene rings is 1. The number of nitrogens with one attached hydrogen (secondary N) is 1. The number of nitro groups is 1. The molecule has 1 aromatic rings. The van der Waals surface area contributed by atoms with Gasteiger partial charge in [-0.3, -0.25) is 10.1 Å². The topological polar surface area (TPSA) is 58.4 Å². The van der Waals surface area contributed by atoms with E-state index in [1.807, 2.05) is 0 Å². The minimum Gasteiger partial charge on any atom is -0.312 e. The Morgan fingerprint density at radius 1 is 1.45 bits per heavy atom. The van der Waals surface area contributed by atoms with E-state index in [-0.39, 0.29) is 0 Å². The molecule has 1 saturated heterocycles. The first kappa shape index (κ1) is 14.9. The molecule has 5 nitrogen and oxygen atoms in total. The Labute approximate surface area is 117 Å². The van der Waals surface area contributed by atoms with Crippen molar-refractivity contribution >= 4 is 5.69 Å². The van der Waals surface area contributed by atoms with E-state index in [9.17, 15) is 14.5 Å². The van der Waals surface area contributed by atoms with E-state index < -0.39 is 16.4 Å². The van der Waals surface area contributed by atoms with Crippen molar-refractivity contribution in [3.63, 3.8) is 0 Å². The molecule has 1 aliphatic rings. The van der Waals surface area contributed by atoms with Gasteiger partial charge < -0.3 is 10.2 Å². The highest BCUT2D eigenvalue weighted by Crippen LogP contribution is 2.20. The minimum atomic E-state index is -0.728. The van der Waals surface area contributed by atoms with Crippen LogP contribution in [0.4, 0.5) is 10.1 Å². The van der Waals surface area contributed by atoms with Crippen molar-refractivity contribution in [1.82, 2.24) is 10.2 Å². The van der Waals surface area contributed by atoms with Gasteiger partial charge in [0.1, 0.15) is 0 Å². The highest BCUT2D eigenvalue weighted by atomic mass is 19.1. The number of hydrogen-bond donors (Lipinski definition) is 1. The summed E-state index contributed by atoms with van der Waals surface area (Å²) >= 11 is 0. The van der Waals surface area contributed by atoms with Crippen molar-refractivity contribution in [2.24, 2.45) is 5.92 Å². The summed E-state index contributed by atoms with van der Waals surface area (Å²) in [7, 11) is 2.11. The molecule has 20 heavy (non-hydrogen) atoms. The molecule has 0 saturated carbocycles. The second kappa shape index (κ2) is 6.76. The van der Waals surface area contributed by atoms with Crippen LogP contribution in [0.3, 0.4) is 0 Å². The Hall–Kier alpha value is -1.53. The molecule has 0 spiro atoms. The van der Waals surface area contributed by atoms with E-state index in [1.165, 1.54) is 12.1 Å². The van der Waals surface area contributed by atoms with Crippen LogP contribution in [0.2, 0.25) is 0 Å². The van der Waals surface area contributed by atoms with Crippen LogP contribution in [0.15, 0.2) is 18.2 Å². The number of piperidine rings is 1. The van der Waals surface area contributed by atoms with Crippen LogP contribution in [-0.4, -0.2) is 36.5 Å². The summed E-state index contributed by atoms with van der Waals surface area (Å²) in [4.78, 5) is 12.3. The van der Waals surface area contributed by atoms with E-state index in [0.29, 0.717) is 18.0 Å². The fourth-order valence-electron chi connectivity index (χ4n) is 2.52. The van der Waals surface area contributed by atoms with Gasteiger partial charge >= 0.3 is 5.69 Å². The Balaban J connectivity index is 1.85. The van der Waals surface area contributed by atoms with Crippen LogP contribution < -0.4 is 5.32 Å². The van der Waals surface area contributed by atoms with Crippen molar-refractivity contribution in [3.8, 4) is 0 Å². The van der Waals surface area contributed by atoms with Crippen LogP contribution in [0.1, 0.15) is 18.4 Å². The molecule has 2 rings (SSSR count). The molecule has 1 aliphatic heterocycles. The zero-order valence-corrected chi connectivity index (χ0v) is 11.6. The zero-order chi connectivity index (χ0) is 14.5. The molecular formula is C14H20FN3O2. The van der Waals surface area contributed by atoms with Gasteiger partial charge in [-0.2, -0.15) is 4.39 Å². The third-order valence-electron chi connectivity index (χ3n) is 3.84. The summed E-state index contributed by atoms with van der Waals surface area (Å²) in [6.07, 6.45) is 2.28. The number of nitrogens with zero attached hydrogens (tertiary/aromatic N) is 2. The van der Waals surface area contributed by atoms with Crippen LogP contribution >= 0.6 is 0 Å². The molecule has 0 unspecified atom stereocenters. The van der Waals surface area contributed by atoms with Gasteiger partial charge in [0.25, 0.3) is 0 Å². The number of halogens is 1. The Morgan fingerprint density at radius 3 is 2.80 bits per heavy atom. The monoisotopic (exact) mass is 281 g/mol. The lowest BCUT2D eigenvalue weighted by molar-refractivity contribution is -0.387. The lowest BCUT2D eigenvalue weighted by Crippen LogP contribution is -2.34. The van der Waals surface area contributed by atoms with Crippen LogP contribution in [0, 0.1) is 21.8 Å². The van der Waals surface area contributed by atoms with Crippen LogP contribution in [-0.2, 0) is 6.54 Å². The fourth-order valence-corrected chi connectivity index (χ4v) is 2.52. The Morgan fingerprint density at radius 2 is 2.15 bits per heavy atom.